The molecule has 0 saturated carbocycles. The highest BCUT2D eigenvalue weighted by atomic mass is 16.5. The highest BCUT2D eigenvalue weighted by molar-refractivity contribution is 5.87. The summed E-state index contributed by atoms with van der Waals surface area (Å²) in [4.78, 5) is 15.5. The van der Waals surface area contributed by atoms with Crippen molar-refractivity contribution in [2.24, 2.45) is 5.41 Å². The molecule has 0 aliphatic heterocycles. The number of carbonyl (C=O) groups is 1. The van der Waals surface area contributed by atoms with Crippen molar-refractivity contribution in [1.82, 2.24) is 4.98 Å². The first-order valence-corrected chi connectivity index (χ1v) is 8.44. The largest absolute Gasteiger partial charge is 0.464 e. The van der Waals surface area contributed by atoms with Gasteiger partial charge < -0.3 is 4.74 Å². The topological polar surface area (TPSA) is 39.2 Å². The van der Waals surface area contributed by atoms with Gasteiger partial charge in [0, 0.05) is 6.20 Å². The summed E-state index contributed by atoms with van der Waals surface area (Å²) in [7, 11) is 1.36. The molecule has 1 aromatic heterocycles. The van der Waals surface area contributed by atoms with Crippen LogP contribution in [0, 0.1) is 5.41 Å². The third-order valence-corrected chi connectivity index (χ3v) is 4.63. The van der Waals surface area contributed by atoms with Crippen LogP contribution in [0.3, 0.4) is 0 Å². The van der Waals surface area contributed by atoms with Gasteiger partial charge in [-0.2, -0.15) is 0 Å². The molecule has 0 unspecified atom stereocenters. The molecule has 0 spiro atoms. The Kier molecular flexibility index (Phi) is 5.76. The van der Waals surface area contributed by atoms with Gasteiger partial charge in [-0.3, -0.25) is 0 Å². The number of rotatable bonds is 4. The van der Waals surface area contributed by atoms with Crippen molar-refractivity contribution in [2.75, 3.05) is 7.11 Å². The number of allylic oxidation sites excluding steroid dienone is 5. The van der Waals surface area contributed by atoms with Crippen LogP contribution < -0.4 is 0 Å². The second-order valence-corrected chi connectivity index (χ2v) is 7.12. The lowest BCUT2D eigenvalue weighted by molar-refractivity contribution is 0.0594. The van der Waals surface area contributed by atoms with Gasteiger partial charge in [0.1, 0.15) is 5.69 Å². The molecule has 0 fully saturated rings. The summed E-state index contributed by atoms with van der Waals surface area (Å²) < 4.78 is 4.66. The standard InChI is InChI=1S/C21H27NO2/c1-15(8-10-18-16(2)7-6-12-21(18,3)4)13-17-9-11-19(22-14-17)20(23)24-5/h8-11,13-14H,6-7,12H2,1-5H3/b10-8?,15-13+. The molecule has 128 valence electrons. The summed E-state index contributed by atoms with van der Waals surface area (Å²) in [6.45, 7) is 8.97. The van der Waals surface area contributed by atoms with Crippen LogP contribution in [-0.4, -0.2) is 18.1 Å². The number of carbonyl (C=O) groups excluding carboxylic acids is 1. The fourth-order valence-electron chi connectivity index (χ4n) is 3.25. The maximum atomic E-state index is 11.4. The first-order valence-electron chi connectivity index (χ1n) is 8.44. The van der Waals surface area contributed by atoms with Crippen molar-refractivity contribution in [3.05, 3.63) is 58.5 Å². The van der Waals surface area contributed by atoms with E-state index in [1.807, 2.05) is 6.07 Å². The lowest BCUT2D eigenvalue weighted by Gasteiger charge is -2.32. The van der Waals surface area contributed by atoms with E-state index < -0.39 is 5.97 Å². The quantitative estimate of drug-likeness (QED) is 0.553. The normalized spacial score (nSPS) is 18.1. The van der Waals surface area contributed by atoms with E-state index in [0.29, 0.717) is 5.69 Å². The van der Waals surface area contributed by atoms with E-state index in [9.17, 15) is 4.79 Å². The summed E-state index contributed by atoms with van der Waals surface area (Å²) in [5, 5.41) is 0. The van der Waals surface area contributed by atoms with Crippen molar-refractivity contribution < 1.29 is 9.53 Å². The molecule has 1 aromatic rings. The van der Waals surface area contributed by atoms with Gasteiger partial charge in [0.15, 0.2) is 0 Å². The monoisotopic (exact) mass is 325 g/mol. The number of esters is 1. The Morgan fingerprint density at radius 3 is 2.67 bits per heavy atom. The van der Waals surface area contributed by atoms with Gasteiger partial charge in [-0.05, 0) is 55.7 Å². The highest BCUT2D eigenvalue weighted by Gasteiger charge is 2.26. The molecule has 0 amide bonds. The van der Waals surface area contributed by atoms with Crippen molar-refractivity contribution in [2.45, 2.75) is 47.0 Å². The molecular weight excluding hydrogens is 298 g/mol. The first kappa shape index (κ1) is 18.2. The Labute approximate surface area is 145 Å². The van der Waals surface area contributed by atoms with Crippen LogP contribution in [-0.2, 0) is 4.74 Å². The summed E-state index contributed by atoms with van der Waals surface area (Å²) in [6.07, 6.45) is 11.9. The van der Waals surface area contributed by atoms with E-state index in [0.717, 1.165) is 11.1 Å². The third kappa shape index (κ3) is 4.44. The van der Waals surface area contributed by atoms with Crippen molar-refractivity contribution in [1.29, 1.82) is 0 Å². The molecule has 3 nitrogen and oxygen atoms in total. The van der Waals surface area contributed by atoms with Crippen molar-refractivity contribution >= 4 is 12.0 Å². The zero-order chi connectivity index (χ0) is 17.7. The minimum atomic E-state index is -0.413. The summed E-state index contributed by atoms with van der Waals surface area (Å²) in [5.74, 6) is -0.413. The van der Waals surface area contributed by atoms with Crippen LogP contribution in [0.15, 0.2) is 47.2 Å². The SMILES string of the molecule is COC(=O)c1ccc(/C=C(\C)C=CC2=C(C)CCCC2(C)C)cn1. The molecule has 2 rings (SSSR count). The van der Waals surface area contributed by atoms with Gasteiger partial charge in [-0.25, -0.2) is 9.78 Å². The zero-order valence-electron chi connectivity index (χ0n) is 15.3. The van der Waals surface area contributed by atoms with Crippen molar-refractivity contribution in [3.8, 4) is 0 Å². The Bertz CT molecular complexity index is 691. The lowest BCUT2D eigenvalue weighted by atomic mass is 9.72. The van der Waals surface area contributed by atoms with Gasteiger partial charge in [-0.1, -0.05) is 49.3 Å². The van der Waals surface area contributed by atoms with Gasteiger partial charge >= 0.3 is 5.97 Å². The van der Waals surface area contributed by atoms with Crippen LogP contribution in [0.1, 0.15) is 63.0 Å². The summed E-state index contributed by atoms with van der Waals surface area (Å²) in [5.41, 5.74) is 5.67. The number of hydrogen-bond acceptors (Lipinski definition) is 3. The predicted octanol–water partition coefficient (Wildman–Crippen LogP) is 5.35. The predicted molar refractivity (Wildman–Crippen MR) is 98.7 cm³/mol. The van der Waals surface area contributed by atoms with Gasteiger partial charge in [0.05, 0.1) is 7.11 Å². The molecule has 1 heterocycles. The maximum Gasteiger partial charge on any atom is 0.356 e. The molecule has 0 saturated heterocycles. The van der Waals surface area contributed by atoms with E-state index in [2.05, 4.69) is 55.6 Å². The van der Waals surface area contributed by atoms with E-state index >= 15 is 0 Å². The molecule has 24 heavy (non-hydrogen) atoms. The molecule has 3 heteroatoms. The fraction of sp³-hybridized carbons (Fsp3) is 0.429. The minimum absolute atomic E-state index is 0.253. The number of ether oxygens (including phenoxy) is 1. The average molecular weight is 325 g/mol. The smallest absolute Gasteiger partial charge is 0.356 e. The zero-order valence-corrected chi connectivity index (χ0v) is 15.3. The van der Waals surface area contributed by atoms with Crippen LogP contribution in [0.2, 0.25) is 0 Å². The Morgan fingerprint density at radius 2 is 2.08 bits per heavy atom. The van der Waals surface area contributed by atoms with Gasteiger partial charge in [0.25, 0.3) is 0 Å². The molecule has 0 aromatic carbocycles. The second-order valence-electron chi connectivity index (χ2n) is 7.12. The maximum absolute atomic E-state index is 11.4. The minimum Gasteiger partial charge on any atom is -0.464 e. The first-order chi connectivity index (χ1) is 11.3. The number of nitrogens with zero attached hydrogens (tertiary/aromatic N) is 1. The summed E-state index contributed by atoms with van der Waals surface area (Å²) in [6, 6.07) is 3.57. The molecule has 0 bridgehead atoms. The lowest BCUT2D eigenvalue weighted by Crippen LogP contribution is -2.19. The van der Waals surface area contributed by atoms with Crippen LogP contribution in [0.5, 0.6) is 0 Å². The fourth-order valence-corrected chi connectivity index (χ4v) is 3.25. The molecule has 1 aliphatic rings. The Balaban J connectivity index is 2.15. The average Bonchev–Trinajstić information content (AvgIpc) is 2.53. The van der Waals surface area contributed by atoms with Gasteiger partial charge in [0.2, 0.25) is 0 Å². The van der Waals surface area contributed by atoms with Crippen LogP contribution >= 0.6 is 0 Å². The number of methoxy groups -OCH3 is 1. The molecule has 1 aliphatic carbocycles. The van der Waals surface area contributed by atoms with E-state index in [1.54, 1.807) is 12.3 Å². The number of hydrogen-bond donors (Lipinski definition) is 0. The Morgan fingerprint density at radius 1 is 1.33 bits per heavy atom. The van der Waals surface area contributed by atoms with E-state index in [-0.39, 0.29) is 5.41 Å². The number of pyridine rings is 1. The number of aromatic nitrogens is 1. The van der Waals surface area contributed by atoms with Crippen molar-refractivity contribution in [3.63, 3.8) is 0 Å². The molecule has 0 radical (unpaired) electrons. The highest BCUT2D eigenvalue weighted by Crippen LogP contribution is 2.40. The van der Waals surface area contributed by atoms with Crippen LogP contribution in [0.25, 0.3) is 6.08 Å². The second kappa shape index (κ2) is 7.61. The van der Waals surface area contributed by atoms with Crippen LogP contribution in [0.4, 0.5) is 0 Å². The third-order valence-electron chi connectivity index (χ3n) is 4.63. The Hall–Kier alpha value is -2.16. The van der Waals surface area contributed by atoms with Gasteiger partial charge in [-0.15, -0.1) is 0 Å². The molecular formula is C21H27NO2. The molecule has 0 N–H and O–H groups in total. The summed E-state index contributed by atoms with van der Waals surface area (Å²) >= 11 is 0. The molecule has 0 atom stereocenters. The van der Waals surface area contributed by atoms with E-state index in [1.165, 1.54) is 37.5 Å². The van der Waals surface area contributed by atoms with E-state index in [4.69, 9.17) is 0 Å².